The van der Waals surface area contributed by atoms with Crippen LogP contribution in [-0.2, 0) is 14.8 Å². The Kier molecular flexibility index (Phi) is 6.36. The zero-order valence-electron chi connectivity index (χ0n) is 15.9. The Balaban J connectivity index is 1.97. The summed E-state index contributed by atoms with van der Waals surface area (Å²) < 4.78 is 33.6. The van der Waals surface area contributed by atoms with E-state index in [2.05, 4.69) is 10.0 Å². The molecule has 3 aromatic carbocycles. The van der Waals surface area contributed by atoms with E-state index in [1.807, 2.05) is 0 Å². The highest BCUT2D eigenvalue weighted by molar-refractivity contribution is 7.92. The van der Waals surface area contributed by atoms with Gasteiger partial charge in [0, 0.05) is 20.3 Å². The van der Waals surface area contributed by atoms with Crippen molar-refractivity contribution in [2.75, 3.05) is 30.3 Å². The van der Waals surface area contributed by atoms with E-state index >= 15 is 0 Å². The molecule has 0 heterocycles. The summed E-state index contributed by atoms with van der Waals surface area (Å²) in [5, 5.41) is 14.0. The number of methoxy groups -OCH3 is 1. The Hall–Kier alpha value is -3.10. The number of anilines is 2. The molecule has 0 saturated heterocycles. The summed E-state index contributed by atoms with van der Waals surface area (Å²) in [5.74, 6) is -1.20. The average Bonchev–Trinajstić information content (AvgIpc) is 2.70. The van der Waals surface area contributed by atoms with Crippen LogP contribution < -0.4 is 10.0 Å². The summed E-state index contributed by atoms with van der Waals surface area (Å²) >= 11 is 0. The Bertz CT molecular complexity index is 1130. The van der Waals surface area contributed by atoms with Gasteiger partial charge in [-0.15, -0.1) is 0 Å². The van der Waals surface area contributed by atoms with Gasteiger partial charge < -0.3 is 15.2 Å². The third kappa shape index (κ3) is 4.67. The molecule has 0 spiro atoms. The summed E-state index contributed by atoms with van der Waals surface area (Å²) in [4.78, 5) is 11.9. The van der Waals surface area contributed by atoms with Gasteiger partial charge >= 0.3 is 5.97 Å². The van der Waals surface area contributed by atoms with Crippen LogP contribution in [0.25, 0.3) is 10.8 Å². The maximum Gasteiger partial charge on any atom is 0.338 e. The second-order valence-electron chi connectivity index (χ2n) is 6.39. The van der Waals surface area contributed by atoms with Crippen molar-refractivity contribution < 1.29 is 23.1 Å². The molecule has 0 aromatic heterocycles. The standard InChI is InChI=1S/C21H22N2O5S/c1-28-14-6-13-22-17-9-4-5-10-19(17)29(26,27)23-18-12-11-15-7-2-3-8-16(15)20(18)21(24)25/h2-5,7-12,22-23H,6,13-14H2,1H3,(H,24,25). The Labute approximate surface area is 169 Å². The van der Waals surface area contributed by atoms with E-state index in [1.165, 1.54) is 12.1 Å². The molecule has 0 fully saturated rings. The largest absolute Gasteiger partial charge is 0.478 e. The molecule has 0 aliphatic carbocycles. The van der Waals surface area contributed by atoms with Gasteiger partial charge in [-0.05, 0) is 35.4 Å². The Morgan fingerprint density at radius 2 is 1.72 bits per heavy atom. The first-order valence-corrected chi connectivity index (χ1v) is 10.5. The molecule has 8 heteroatoms. The summed E-state index contributed by atoms with van der Waals surface area (Å²) in [6, 6.07) is 16.6. The van der Waals surface area contributed by atoms with E-state index in [1.54, 1.807) is 55.6 Å². The van der Waals surface area contributed by atoms with Crippen LogP contribution in [0.15, 0.2) is 65.6 Å². The molecule has 3 rings (SSSR count). The molecular formula is C21H22N2O5S. The second kappa shape index (κ2) is 8.93. The number of carboxylic acids is 1. The van der Waals surface area contributed by atoms with Gasteiger partial charge in [0.25, 0.3) is 10.0 Å². The molecule has 0 unspecified atom stereocenters. The number of sulfonamides is 1. The molecule has 7 nitrogen and oxygen atoms in total. The van der Waals surface area contributed by atoms with E-state index in [4.69, 9.17) is 4.74 Å². The zero-order chi connectivity index (χ0) is 20.9. The van der Waals surface area contributed by atoms with Crippen LogP contribution >= 0.6 is 0 Å². The topological polar surface area (TPSA) is 105 Å². The van der Waals surface area contributed by atoms with Gasteiger partial charge in [0.15, 0.2) is 0 Å². The summed E-state index contributed by atoms with van der Waals surface area (Å²) in [5.41, 5.74) is 0.372. The first kappa shape index (κ1) is 20.6. The number of carboxylic acid groups (broad SMARTS) is 1. The molecule has 0 radical (unpaired) electrons. The first-order valence-electron chi connectivity index (χ1n) is 9.04. The fourth-order valence-electron chi connectivity index (χ4n) is 3.07. The van der Waals surface area contributed by atoms with Crippen molar-refractivity contribution in [1.29, 1.82) is 0 Å². The lowest BCUT2D eigenvalue weighted by molar-refractivity contribution is 0.0700. The Morgan fingerprint density at radius 3 is 2.48 bits per heavy atom. The van der Waals surface area contributed by atoms with Crippen molar-refractivity contribution in [2.24, 2.45) is 0 Å². The monoisotopic (exact) mass is 414 g/mol. The molecule has 0 atom stereocenters. The zero-order valence-corrected chi connectivity index (χ0v) is 16.7. The molecular weight excluding hydrogens is 392 g/mol. The highest BCUT2D eigenvalue weighted by Crippen LogP contribution is 2.30. The minimum Gasteiger partial charge on any atom is -0.478 e. The number of carbonyl (C=O) groups is 1. The average molecular weight is 414 g/mol. The molecule has 152 valence electrons. The fraction of sp³-hybridized carbons (Fsp3) is 0.190. The third-order valence-corrected chi connectivity index (χ3v) is 5.83. The van der Waals surface area contributed by atoms with E-state index in [0.717, 1.165) is 0 Å². The summed E-state index contributed by atoms with van der Waals surface area (Å²) in [6.45, 7) is 1.09. The number of hydrogen-bond donors (Lipinski definition) is 3. The van der Waals surface area contributed by atoms with Crippen LogP contribution in [0.3, 0.4) is 0 Å². The number of rotatable bonds is 9. The van der Waals surface area contributed by atoms with E-state index in [9.17, 15) is 18.3 Å². The minimum absolute atomic E-state index is 0.0189. The third-order valence-electron chi connectivity index (χ3n) is 4.40. The smallest absolute Gasteiger partial charge is 0.338 e. The van der Waals surface area contributed by atoms with E-state index < -0.39 is 16.0 Å². The molecule has 0 saturated carbocycles. The van der Waals surface area contributed by atoms with Gasteiger partial charge in [-0.25, -0.2) is 13.2 Å². The number of ether oxygens (including phenoxy) is 1. The number of nitrogens with one attached hydrogen (secondary N) is 2. The predicted molar refractivity (Wildman–Crippen MR) is 113 cm³/mol. The maximum absolute atomic E-state index is 13.1. The lowest BCUT2D eigenvalue weighted by Gasteiger charge is -2.16. The van der Waals surface area contributed by atoms with Gasteiger partial charge in [-0.3, -0.25) is 4.72 Å². The van der Waals surface area contributed by atoms with Gasteiger partial charge in [0.1, 0.15) is 4.90 Å². The van der Waals surface area contributed by atoms with Crippen LogP contribution in [0.1, 0.15) is 16.8 Å². The van der Waals surface area contributed by atoms with E-state index in [-0.39, 0.29) is 16.1 Å². The predicted octanol–water partition coefficient (Wildman–Crippen LogP) is 3.79. The highest BCUT2D eigenvalue weighted by atomic mass is 32.2. The van der Waals surface area contributed by atoms with Crippen molar-refractivity contribution in [2.45, 2.75) is 11.3 Å². The van der Waals surface area contributed by atoms with Crippen molar-refractivity contribution in [3.63, 3.8) is 0 Å². The number of fused-ring (bicyclic) bond motifs is 1. The summed E-state index contributed by atoms with van der Waals surface area (Å²) in [6.07, 6.45) is 0.714. The lowest BCUT2D eigenvalue weighted by atomic mass is 10.0. The second-order valence-corrected chi connectivity index (χ2v) is 8.04. The number of para-hydroxylation sites is 1. The first-order chi connectivity index (χ1) is 13.9. The minimum atomic E-state index is -4.02. The molecule has 3 aromatic rings. The van der Waals surface area contributed by atoms with Crippen molar-refractivity contribution in [3.05, 3.63) is 66.2 Å². The molecule has 3 N–H and O–H groups in total. The number of hydrogen-bond acceptors (Lipinski definition) is 5. The van der Waals surface area contributed by atoms with Crippen LogP contribution in [0.5, 0.6) is 0 Å². The fourth-order valence-corrected chi connectivity index (χ4v) is 4.33. The van der Waals surface area contributed by atoms with E-state index in [0.29, 0.717) is 36.0 Å². The highest BCUT2D eigenvalue weighted by Gasteiger charge is 2.22. The molecule has 0 bridgehead atoms. The van der Waals surface area contributed by atoms with Crippen LogP contribution in [0.4, 0.5) is 11.4 Å². The summed E-state index contributed by atoms with van der Waals surface area (Å²) in [7, 11) is -2.42. The van der Waals surface area contributed by atoms with Crippen LogP contribution in [0.2, 0.25) is 0 Å². The van der Waals surface area contributed by atoms with Gasteiger partial charge in [-0.2, -0.15) is 0 Å². The molecule has 0 aliphatic rings. The van der Waals surface area contributed by atoms with Crippen molar-refractivity contribution in [1.82, 2.24) is 0 Å². The molecule has 29 heavy (non-hydrogen) atoms. The van der Waals surface area contributed by atoms with Gasteiger partial charge in [0.05, 0.1) is 16.9 Å². The van der Waals surface area contributed by atoms with Gasteiger partial charge in [-0.1, -0.05) is 42.5 Å². The quantitative estimate of drug-likeness (QED) is 0.460. The Morgan fingerprint density at radius 1 is 1.00 bits per heavy atom. The molecule has 0 amide bonds. The van der Waals surface area contributed by atoms with Crippen LogP contribution in [-0.4, -0.2) is 39.8 Å². The number of benzene rings is 3. The SMILES string of the molecule is COCCCNc1ccccc1S(=O)(=O)Nc1ccc2ccccc2c1C(=O)O. The molecule has 0 aliphatic heterocycles. The van der Waals surface area contributed by atoms with Crippen molar-refractivity contribution in [3.8, 4) is 0 Å². The normalized spacial score (nSPS) is 11.3. The van der Waals surface area contributed by atoms with Gasteiger partial charge in [0.2, 0.25) is 0 Å². The van der Waals surface area contributed by atoms with Crippen molar-refractivity contribution >= 4 is 38.1 Å². The maximum atomic E-state index is 13.1. The van der Waals surface area contributed by atoms with Crippen LogP contribution in [0, 0.1) is 0 Å². The lowest BCUT2D eigenvalue weighted by Crippen LogP contribution is -2.18. The number of aromatic carboxylic acids is 1.